The van der Waals surface area contributed by atoms with Gasteiger partial charge in [-0.2, -0.15) is 0 Å². The van der Waals surface area contributed by atoms with E-state index in [4.69, 9.17) is 26.6 Å². The molecule has 0 heterocycles. The van der Waals surface area contributed by atoms with Crippen LogP contribution in [0.4, 0.5) is 0 Å². The van der Waals surface area contributed by atoms with E-state index in [1.807, 2.05) is 0 Å². The van der Waals surface area contributed by atoms with Crippen molar-refractivity contribution in [1.82, 2.24) is 0 Å². The molecule has 0 bridgehead atoms. The molecule has 0 aliphatic carbocycles. The summed E-state index contributed by atoms with van der Waals surface area (Å²) in [5.41, 5.74) is 1.42. The van der Waals surface area contributed by atoms with Crippen molar-refractivity contribution in [2.75, 3.05) is 13.2 Å². The molecule has 0 atom stereocenters. The highest BCUT2D eigenvalue weighted by molar-refractivity contribution is 7.89. The zero-order valence-corrected chi connectivity index (χ0v) is 55.6. The first-order valence-corrected chi connectivity index (χ1v) is 57.6. The Morgan fingerprint density at radius 2 is 0.677 bits per heavy atom. The normalized spacial score (nSPS) is 13.5. The van der Waals surface area contributed by atoms with Gasteiger partial charge in [-0.25, -0.2) is 14.4 Å². The van der Waals surface area contributed by atoms with E-state index in [0.717, 1.165) is 6.42 Å². The fourth-order valence-electron chi connectivity index (χ4n) is 9.18. The Morgan fingerprint density at radius 3 is 0.887 bits per heavy atom. The predicted molar refractivity (Wildman–Crippen MR) is 297 cm³/mol. The van der Waals surface area contributed by atoms with Crippen LogP contribution in [0, 0.1) is 0 Å². The molecule has 0 N–H and O–H groups in total. The monoisotopic (exact) mass is 1040 g/mol. The summed E-state index contributed by atoms with van der Waals surface area (Å²) in [5.74, 6) is -0.818. The largest absolute Gasteiger partial charge is 0.469 e. The Bertz CT molecular complexity index is 1390. The summed E-state index contributed by atoms with van der Waals surface area (Å²) in [6.07, 6.45) is 1.72. The summed E-state index contributed by atoms with van der Waals surface area (Å²) < 4.78 is 36.0. The maximum atomic E-state index is 11.6. The van der Waals surface area contributed by atoms with Gasteiger partial charge in [-0.15, -0.1) is 0 Å². The van der Waals surface area contributed by atoms with Crippen molar-refractivity contribution in [1.29, 1.82) is 0 Å². The van der Waals surface area contributed by atoms with Crippen molar-refractivity contribution in [2.45, 2.75) is 208 Å². The van der Waals surface area contributed by atoms with Crippen molar-refractivity contribution in [2.24, 2.45) is 0 Å². The van der Waals surface area contributed by atoms with E-state index in [1.165, 1.54) is 6.04 Å². The molecule has 0 aliphatic rings. The lowest BCUT2D eigenvalue weighted by Gasteiger charge is -2.58. The number of hydrogen-bond donors (Lipinski definition) is 0. The van der Waals surface area contributed by atoms with Crippen LogP contribution in [0.5, 0.6) is 0 Å². The highest BCUT2D eigenvalue weighted by Crippen LogP contribution is 2.41. The number of hydrogen-bond acceptors (Lipinski definition) is 9. The van der Waals surface area contributed by atoms with Crippen molar-refractivity contribution in [3.63, 3.8) is 0 Å². The highest BCUT2D eigenvalue weighted by Gasteiger charge is 2.60. The molecule has 0 rings (SSSR count). The summed E-state index contributed by atoms with van der Waals surface area (Å²) in [4.78, 5) is 34.7. The first kappa shape index (κ1) is 66.0. The average molecular weight is 1040 g/mol. The van der Waals surface area contributed by atoms with Crippen molar-refractivity contribution in [3.8, 4) is 0 Å². The van der Waals surface area contributed by atoms with Crippen LogP contribution in [0.15, 0.2) is 36.5 Å². The van der Waals surface area contributed by atoms with Crippen LogP contribution in [-0.4, -0.2) is 116 Å². The Kier molecular flexibility index (Phi) is 26.8. The molecular formula is C43H100O9Si10. The van der Waals surface area contributed by atoms with Gasteiger partial charge in [0.2, 0.25) is 0 Å². The van der Waals surface area contributed by atoms with Gasteiger partial charge in [0.15, 0.2) is 25.0 Å². The molecule has 0 aromatic carbocycles. The van der Waals surface area contributed by atoms with Crippen LogP contribution in [0.2, 0.25) is 169 Å². The van der Waals surface area contributed by atoms with E-state index >= 15 is 0 Å². The number of esters is 3. The van der Waals surface area contributed by atoms with Crippen LogP contribution in [-0.2, 0) is 40.9 Å². The zero-order chi connectivity index (χ0) is 50.5. The van der Waals surface area contributed by atoms with Crippen molar-refractivity contribution < 1.29 is 40.9 Å². The van der Waals surface area contributed by atoms with Gasteiger partial charge in [-0.05, 0) is 92.5 Å². The van der Waals surface area contributed by atoms with E-state index in [0.29, 0.717) is 42.4 Å². The van der Waals surface area contributed by atoms with Gasteiger partial charge in [0.25, 0.3) is 0 Å². The van der Waals surface area contributed by atoms with Gasteiger partial charge >= 0.3 is 26.7 Å². The molecule has 0 amide bonds. The lowest BCUT2D eigenvalue weighted by Crippen LogP contribution is -2.82. The van der Waals surface area contributed by atoms with Gasteiger partial charge < -0.3 is 26.6 Å². The molecule has 0 saturated carbocycles. The third kappa shape index (κ3) is 26.1. The van der Waals surface area contributed by atoms with E-state index in [-0.39, 0.29) is 23.3 Å². The minimum atomic E-state index is -2.83. The van der Waals surface area contributed by atoms with Gasteiger partial charge in [0.05, 0.1) is 34.7 Å². The maximum absolute atomic E-state index is 11.6. The molecule has 62 heavy (non-hydrogen) atoms. The van der Waals surface area contributed by atoms with E-state index in [2.05, 4.69) is 177 Å². The molecule has 0 spiro atoms. The van der Waals surface area contributed by atoms with Gasteiger partial charge in [0, 0.05) is 52.2 Å². The van der Waals surface area contributed by atoms with Crippen LogP contribution < -0.4 is 0 Å². The van der Waals surface area contributed by atoms with Gasteiger partial charge in [-0.1, -0.05) is 124 Å². The molecule has 366 valence electrons. The molecule has 0 saturated heterocycles. The molecule has 0 aromatic heterocycles. The van der Waals surface area contributed by atoms with Gasteiger partial charge in [0.1, 0.15) is 0 Å². The van der Waals surface area contributed by atoms with E-state index in [1.54, 1.807) is 20.8 Å². The molecule has 0 unspecified atom stereocenters. The Morgan fingerprint density at radius 1 is 0.419 bits per heavy atom. The molecule has 9 nitrogen and oxygen atoms in total. The second-order valence-electron chi connectivity index (χ2n) is 25.3. The molecule has 19 heteroatoms. The highest BCUT2D eigenvalue weighted by atomic mass is 29.9. The fraction of sp³-hybridized carbons (Fsp3) is 0.791. The van der Waals surface area contributed by atoms with Crippen molar-refractivity contribution in [3.05, 3.63) is 36.5 Å². The number of rotatable bonds is 23. The minimum Gasteiger partial charge on any atom is -0.467 e. The zero-order valence-electron chi connectivity index (χ0n) is 45.6. The third-order valence-corrected chi connectivity index (χ3v) is 105. The molecular weight excluding hydrogens is 941 g/mol. The van der Waals surface area contributed by atoms with E-state index in [9.17, 15) is 14.4 Å². The Hall–Kier alpha value is -0.321. The van der Waals surface area contributed by atoms with Crippen LogP contribution >= 0.6 is 0 Å². The van der Waals surface area contributed by atoms with Crippen LogP contribution in [0.3, 0.4) is 0 Å². The predicted octanol–water partition coefficient (Wildman–Crippen LogP) is 13.4. The van der Waals surface area contributed by atoms with Gasteiger partial charge in [-0.3, -0.25) is 0 Å². The first-order chi connectivity index (χ1) is 27.0. The number of carbonyl (C=O) groups is 3. The molecule has 0 aliphatic heterocycles. The quantitative estimate of drug-likeness (QED) is 0.0325. The average Bonchev–Trinajstić information content (AvgIpc) is 2.96. The van der Waals surface area contributed by atoms with Crippen molar-refractivity contribution >= 4 is 97.2 Å². The summed E-state index contributed by atoms with van der Waals surface area (Å²) in [6, 6.07) is 2.03. The molecule has 0 fully saturated rings. The maximum Gasteiger partial charge on any atom is 0.469 e. The summed E-state index contributed by atoms with van der Waals surface area (Å²) >= 11 is 0. The minimum absolute atomic E-state index is 0.161. The SMILES string of the molecule is C=C(C)C(=O)OC([Si](C)(C)C)[Si](C)(C)C.C=C(C)C(=O)OCCC[Si](O[Si](C)(C)C)(O[Si](C)(C)C)O[Si](C)(C)C.C=C(C)C(=O)OCCC[Si]([Si](C)(C)C)([Si](C)(C)C)[Si](C)(C)C. The first-order valence-electron chi connectivity index (χ1n) is 22.6. The fourth-order valence-corrected chi connectivity index (χ4v) is 134. The smallest absolute Gasteiger partial charge is 0.467 e. The molecule has 0 aromatic rings. The molecule has 0 radical (unpaired) electrons. The standard InChI is InChI=1S/C16H38O5Si4.C16H38O2Si4.C11H24O2Si2/c1-15(2)16(17)18-13-12-14-25(19-22(3,4)5,20-23(6,7)8)21-24(9,10)11;1-15(2)16(17)18-13-12-14-22(19(3,4)5,20(6,7)8)21(9,10)11;1-9(2)10(12)13-11(14(3,4)5)15(6,7)8/h1,12-14H2,2-11H3;1,12-14H2,2-11H3;11H,1H2,2-8H3. The van der Waals surface area contributed by atoms with Crippen LogP contribution in [0.1, 0.15) is 33.6 Å². The summed E-state index contributed by atoms with van der Waals surface area (Å²) in [6.45, 7) is 72.0. The lowest BCUT2D eigenvalue weighted by atomic mass is 10.4. The summed E-state index contributed by atoms with van der Waals surface area (Å²) in [5, 5.41) is 0.161. The Labute approximate surface area is 393 Å². The second kappa shape index (κ2) is 25.2. The number of carbonyl (C=O) groups excluding carboxylic acids is 3. The lowest BCUT2D eigenvalue weighted by molar-refractivity contribution is -0.139. The number of ether oxygens (including phenoxy) is 3. The summed E-state index contributed by atoms with van der Waals surface area (Å²) in [7, 11) is -14.9. The van der Waals surface area contributed by atoms with E-state index < -0.39 is 79.3 Å². The second-order valence-corrected chi connectivity index (χ2v) is 94.9. The third-order valence-electron chi connectivity index (χ3n) is 9.86. The topological polar surface area (TPSA) is 107 Å². The Balaban J connectivity index is -0.000000868. The van der Waals surface area contributed by atoms with Crippen LogP contribution in [0.25, 0.3) is 0 Å².